The summed E-state index contributed by atoms with van der Waals surface area (Å²) in [7, 11) is 0. The standard InChI is InChI=1S/C13H19NO/c15-13-7-9-14(10-8-13)11-12-5-3-1-2-4-6-12/h3,5-6H,1-2,4,7-11H2. The largest absolute Gasteiger partial charge is 0.300 e. The van der Waals surface area contributed by atoms with Crippen LogP contribution in [0.3, 0.4) is 0 Å². The summed E-state index contributed by atoms with van der Waals surface area (Å²) in [4.78, 5) is 13.5. The molecule has 0 aromatic carbocycles. The Balaban J connectivity index is 1.85. The normalized spacial score (nSPS) is 23.7. The molecule has 1 aliphatic heterocycles. The molecule has 0 amide bonds. The molecule has 0 radical (unpaired) electrons. The molecular weight excluding hydrogens is 186 g/mol. The number of carbonyl (C=O) groups excluding carboxylic acids is 1. The Morgan fingerprint density at radius 2 is 2.00 bits per heavy atom. The van der Waals surface area contributed by atoms with Gasteiger partial charge in [0.05, 0.1) is 0 Å². The van der Waals surface area contributed by atoms with E-state index in [0.29, 0.717) is 5.78 Å². The van der Waals surface area contributed by atoms with Crippen LogP contribution in [0.15, 0.2) is 23.8 Å². The van der Waals surface area contributed by atoms with Gasteiger partial charge in [0.1, 0.15) is 5.78 Å². The second-order valence-corrected chi connectivity index (χ2v) is 4.43. The first-order valence-corrected chi connectivity index (χ1v) is 5.94. The lowest BCUT2D eigenvalue weighted by Crippen LogP contribution is -2.34. The van der Waals surface area contributed by atoms with E-state index >= 15 is 0 Å². The fraction of sp³-hybridized carbons (Fsp3) is 0.615. The van der Waals surface area contributed by atoms with Gasteiger partial charge in [-0.15, -0.1) is 0 Å². The predicted octanol–water partition coefficient (Wildman–Crippen LogP) is 2.32. The van der Waals surface area contributed by atoms with Gasteiger partial charge in [0.25, 0.3) is 0 Å². The van der Waals surface area contributed by atoms with Crippen molar-refractivity contribution in [1.82, 2.24) is 4.90 Å². The van der Waals surface area contributed by atoms with Crippen LogP contribution in [0.25, 0.3) is 0 Å². The summed E-state index contributed by atoms with van der Waals surface area (Å²) in [5.41, 5.74) is 1.43. The Labute approximate surface area is 91.6 Å². The molecule has 1 heterocycles. The van der Waals surface area contributed by atoms with E-state index < -0.39 is 0 Å². The molecule has 1 aliphatic carbocycles. The Morgan fingerprint density at radius 1 is 1.20 bits per heavy atom. The number of likely N-dealkylation sites (tertiary alicyclic amines) is 1. The minimum atomic E-state index is 0.427. The molecule has 2 nitrogen and oxygen atoms in total. The van der Waals surface area contributed by atoms with Crippen LogP contribution in [-0.2, 0) is 4.79 Å². The smallest absolute Gasteiger partial charge is 0.135 e. The van der Waals surface area contributed by atoms with Gasteiger partial charge in [-0.05, 0) is 24.8 Å². The number of hydrogen-bond donors (Lipinski definition) is 0. The van der Waals surface area contributed by atoms with Crippen LogP contribution >= 0.6 is 0 Å². The van der Waals surface area contributed by atoms with Crippen molar-refractivity contribution in [3.05, 3.63) is 23.8 Å². The summed E-state index contributed by atoms with van der Waals surface area (Å²) in [6, 6.07) is 0. The number of nitrogens with zero attached hydrogens (tertiary/aromatic N) is 1. The number of ketones is 1. The van der Waals surface area contributed by atoms with Gasteiger partial charge in [-0.2, -0.15) is 0 Å². The van der Waals surface area contributed by atoms with Crippen LogP contribution in [-0.4, -0.2) is 30.3 Å². The van der Waals surface area contributed by atoms with E-state index in [1.165, 1.54) is 24.8 Å². The van der Waals surface area contributed by atoms with Crippen LogP contribution in [0.1, 0.15) is 32.1 Å². The molecular formula is C13H19NO. The van der Waals surface area contributed by atoms with Gasteiger partial charge >= 0.3 is 0 Å². The number of rotatable bonds is 2. The Hall–Kier alpha value is -0.890. The van der Waals surface area contributed by atoms with E-state index in [1.807, 2.05) is 0 Å². The Kier molecular flexibility index (Phi) is 3.73. The lowest BCUT2D eigenvalue weighted by atomic mass is 10.1. The van der Waals surface area contributed by atoms with E-state index in [-0.39, 0.29) is 0 Å². The quantitative estimate of drug-likeness (QED) is 0.689. The lowest BCUT2D eigenvalue weighted by Gasteiger charge is -2.26. The summed E-state index contributed by atoms with van der Waals surface area (Å²) in [5, 5.41) is 0. The molecule has 2 heteroatoms. The molecule has 0 atom stereocenters. The van der Waals surface area contributed by atoms with Crippen LogP contribution in [0.4, 0.5) is 0 Å². The molecule has 82 valence electrons. The van der Waals surface area contributed by atoms with E-state index in [2.05, 4.69) is 23.1 Å². The molecule has 0 aromatic heterocycles. The minimum Gasteiger partial charge on any atom is -0.300 e. The molecule has 0 saturated carbocycles. The van der Waals surface area contributed by atoms with Crippen molar-refractivity contribution in [2.24, 2.45) is 0 Å². The molecule has 0 unspecified atom stereocenters. The van der Waals surface area contributed by atoms with E-state index in [1.54, 1.807) is 0 Å². The summed E-state index contributed by atoms with van der Waals surface area (Å²) >= 11 is 0. The number of carbonyl (C=O) groups is 1. The molecule has 0 aromatic rings. The van der Waals surface area contributed by atoms with Gasteiger partial charge in [-0.1, -0.05) is 18.2 Å². The highest BCUT2D eigenvalue weighted by molar-refractivity contribution is 5.79. The number of allylic oxidation sites excluding steroid dienone is 2. The third kappa shape index (κ3) is 3.31. The summed E-state index contributed by atoms with van der Waals surface area (Å²) in [6.45, 7) is 2.93. The van der Waals surface area contributed by atoms with Crippen molar-refractivity contribution in [2.75, 3.05) is 19.6 Å². The van der Waals surface area contributed by atoms with Gasteiger partial charge < -0.3 is 0 Å². The zero-order valence-corrected chi connectivity index (χ0v) is 9.24. The van der Waals surface area contributed by atoms with Gasteiger partial charge in [-0.3, -0.25) is 9.69 Å². The fourth-order valence-corrected chi connectivity index (χ4v) is 2.16. The van der Waals surface area contributed by atoms with Crippen LogP contribution in [0.5, 0.6) is 0 Å². The number of hydrogen-bond acceptors (Lipinski definition) is 2. The van der Waals surface area contributed by atoms with Crippen molar-refractivity contribution in [3.8, 4) is 0 Å². The number of piperidine rings is 1. The predicted molar refractivity (Wildman–Crippen MR) is 61.8 cm³/mol. The lowest BCUT2D eigenvalue weighted by molar-refractivity contribution is -0.121. The summed E-state index contributed by atoms with van der Waals surface area (Å²) in [6.07, 6.45) is 12.1. The van der Waals surface area contributed by atoms with Crippen LogP contribution in [0, 0.1) is 0 Å². The van der Waals surface area contributed by atoms with Gasteiger partial charge in [0.15, 0.2) is 0 Å². The van der Waals surface area contributed by atoms with Gasteiger partial charge in [0.2, 0.25) is 0 Å². The molecule has 15 heavy (non-hydrogen) atoms. The van der Waals surface area contributed by atoms with E-state index in [4.69, 9.17) is 0 Å². The van der Waals surface area contributed by atoms with Gasteiger partial charge in [0, 0.05) is 32.5 Å². The Morgan fingerprint density at radius 3 is 2.80 bits per heavy atom. The maximum atomic E-state index is 11.1. The maximum Gasteiger partial charge on any atom is 0.135 e. The average Bonchev–Trinajstić information content (AvgIpc) is 2.50. The number of Topliss-reactive ketones (excluding diaryl/α,β-unsaturated/α-hetero) is 1. The SMILES string of the molecule is O=C1CCN(CC2=CCCCC=C2)CC1. The van der Waals surface area contributed by atoms with Crippen LogP contribution in [0.2, 0.25) is 0 Å². The second kappa shape index (κ2) is 5.26. The highest BCUT2D eigenvalue weighted by Gasteiger charge is 2.16. The third-order valence-corrected chi connectivity index (χ3v) is 3.13. The maximum absolute atomic E-state index is 11.1. The Bertz CT molecular complexity index is 281. The average molecular weight is 205 g/mol. The van der Waals surface area contributed by atoms with E-state index in [9.17, 15) is 4.79 Å². The molecule has 0 bridgehead atoms. The first-order chi connectivity index (χ1) is 7.34. The summed E-state index contributed by atoms with van der Waals surface area (Å²) < 4.78 is 0. The van der Waals surface area contributed by atoms with Crippen molar-refractivity contribution in [3.63, 3.8) is 0 Å². The van der Waals surface area contributed by atoms with Crippen molar-refractivity contribution < 1.29 is 4.79 Å². The monoisotopic (exact) mass is 205 g/mol. The zero-order valence-electron chi connectivity index (χ0n) is 9.24. The minimum absolute atomic E-state index is 0.427. The highest BCUT2D eigenvalue weighted by Crippen LogP contribution is 2.14. The highest BCUT2D eigenvalue weighted by atomic mass is 16.1. The molecule has 0 spiro atoms. The van der Waals surface area contributed by atoms with Gasteiger partial charge in [-0.25, -0.2) is 0 Å². The van der Waals surface area contributed by atoms with E-state index in [0.717, 1.165) is 32.5 Å². The molecule has 0 N–H and O–H groups in total. The topological polar surface area (TPSA) is 20.3 Å². The summed E-state index contributed by atoms with van der Waals surface area (Å²) in [5.74, 6) is 0.427. The van der Waals surface area contributed by atoms with Crippen LogP contribution < -0.4 is 0 Å². The van der Waals surface area contributed by atoms with Crippen molar-refractivity contribution in [2.45, 2.75) is 32.1 Å². The van der Waals surface area contributed by atoms with Crippen molar-refractivity contribution >= 4 is 5.78 Å². The first kappa shape index (κ1) is 10.6. The first-order valence-electron chi connectivity index (χ1n) is 5.94. The molecule has 2 aliphatic rings. The molecule has 1 fully saturated rings. The molecule has 2 rings (SSSR count). The fourth-order valence-electron chi connectivity index (χ4n) is 2.16. The van der Waals surface area contributed by atoms with Crippen molar-refractivity contribution in [1.29, 1.82) is 0 Å². The second-order valence-electron chi connectivity index (χ2n) is 4.43. The zero-order chi connectivity index (χ0) is 10.5. The molecule has 1 saturated heterocycles. The third-order valence-electron chi connectivity index (χ3n) is 3.13.